The number of hydrogen-bond acceptors (Lipinski definition) is 2. The van der Waals surface area contributed by atoms with Gasteiger partial charge in [-0.1, -0.05) is 0 Å². The molecule has 4 heteroatoms. The summed E-state index contributed by atoms with van der Waals surface area (Å²) in [5.74, 6) is 0. The van der Waals surface area contributed by atoms with E-state index in [9.17, 15) is 4.79 Å². The summed E-state index contributed by atoms with van der Waals surface area (Å²) in [6.45, 7) is 1.72. The summed E-state index contributed by atoms with van der Waals surface area (Å²) >= 11 is 0. The van der Waals surface area contributed by atoms with Gasteiger partial charge in [0.25, 0.3) is 0 Å². The van der Waals surface area contributed by atoms with E-state index in [2.05, 4.69) is 22.6 Å². The predicted molar refractivity (Wildman–Crippen MR) is 55.2 cm³/mol. The summed E-state index contributed by atoms with van der Waals surface area (Å²) < 4.78 is 0. The first-order valence-corrected chi connectivity index (χ1v) is 5.50. The molecule has 14 heavy (non-hydrogen) atoms. The maximum absolute atomic E-state index is 11.2. The van der Waals surface area contributed by atoms with E-state index >= 15 is 0 Å². The van der Waals surface area contributed by atoms with Gasteiger partial charge < -0.3 is 15.5 Å². The fraction of sp³-hybridized carbons (Fsp3) is 0.900. The van der Waals surface area contributed by atoms with Crippen LogP contribution >= 0.6 is 0 Å². The van der Waals surface area contributed by atoms with Gasteiger partial charge in [0.2, 0.25) is 0 Å². The smallest absolute Gasteiger partial charge is 0.315 e. The van der Waals surface area contributed by atoms with Gasteiger partial charge in [0, 0.05) is 25.2 Å². The highest BCUT2D eigenvalue weighted by Crippen LogP contribution is 2.24. The number of nitrogens with zero attached hydrogens (tertiary/aromatic N) is 1. The number of amides is 2. The average molecular weight is 197 g/mol. The zero-order chi connectivity index (χ0) is 9.97. The minimum absolute atomic E-state index is 0.00306. The molecule has 0 aromatic rings. The van der Waals surface area contributed by atoms with E-state index in [1.807, 2.05) is 0 Å². The molecule has 2 aliphatic carbocycles. The summed E-state index contributed by atoms with van der Waals surface area (Å²) in [6, 6.07) is 1.23. The third kappa shape index (κ3) is 3.18. The van der Waals surface area contributed by atoms with E-state index in [4.69, 9.17) is 0 Å². The standard InChI is InChI=1S/C10H19N3O/c1-13(9-4-5-9)7-6-11-10(14)12-8-2-3-8/h8-9H,2-7H2,1H3,(H2,11,12,14). The molecule has 0 atom stereocenters. The Morgan fingerprint density at radius 3 is 2.64 bits per heavy atom. The topological polar surface area (TPSA) is 44.4 Å². The van der Waals surface area contributed by atoms with Crippen LogP contribution in [-0.2, 0) is 0 Å². The lowest BCUT2D eigenvalue weighted by Gasteiger charge is -2.15. The van der Waals surface area contributed by atoms with Crippen molar-refractivity contribution in [2.75, 3.05) is 20.1 Å². The van der Waals surface area contributed by atoms with Crippen LogP contribution in [-0.4, -0.2) is 43.2 Å². The first kappa shape index (κ1) is 9.77. The fourth-order valence-corrected chi connectivity index (χ4v) is 1.51. The van der Waals surface area contributed by atoms with Gasteiger partial charge in [0.1, 0.15) is 0 Å². The van der Waals surface area contributed by atoms with Crippen LogP contribution < -0.4 is 10.6 Å². The van der Waals surface area contributed by atoms with Crippen molar-refractivity contribution < 1.29 is 4.79 Å². The highest BCUT2D eigenvalue weighted by atomic mass is 16.2. The van der Waals surface area contributed by atoms with Gasteiger partial charge in [-0.05, 0) is 32.7 Å². The normalized spacial score (nSPS) is 21.0. The summed E-state index contributed by atoms with van der Waals surface area (Å²) in [4.78, 5) is 13.5. The molecule has 80 valence electrons. The lowest BCUT2D eigenvalue weighted by molar-refractivity contribution is 0.237. The molecule has 0 aromatic carbocycles. The van der Waals surface area contributed by atoms with Crippen LogP contribution in [0.2, 0.25) is 0 Å². The number of carbonyl (C=O) groups excluding carboxylic acids is 1. The highest BCUT2D eigenvalue weighted by molar-refractivity contribution is 5.74. The van der Waals surface area contributed by atoms with E-state index < -0.39 is 0 Å². The monoisotopic (exact) mass is 197 g/mol. The van der Waals surface area contributed by atoms with Crippen molar-refractivity contribution in [1.29, 1.82) is 0 Å². The maximum Gasteiger partial charge on any atom is 0.315 e. The molecule has 0 radical (unpaired) electrons. The Morgan fingerprint density at radius 1 is 1.36 bits per heavy atom. The Kier molecular flexibility index (Phi) is 2.91. The number of carbonyl (C=O) groups is 1. The van der Waals surface area contributed by atoms with Gasteiger partial charge in [0.15, 0.2) is 0 Å². The van der Waals surface area contributed by atoms with Crippen molar-refractivity contribution in [3.8, 4) is 0 Å². The van der Waals surface area contributed by atoms with Crippen LogP contribution in [0.15, 0.2) is 0 Å². The number of likely N-dealkylation sites (N-methyl/N-ethyl adjacent to an activating group) is 1. The van der Waals surface area contributed by atoms with Crippen molar-refractivity contribution in [3.05, 3.63) is 0 Å². The first-order valence-electron chi connectivity index (χ1n) is 5.50. The zero-order valence-electron chi connectivity index (χ0n) is 8.75. The van der Waals surface area contributed by atoms with Crippen molar-refractivity contribution >= 4 is 6.03 Å². The molecule has 2 fully saturated rings. The summed E-state index contributed by atoms with van der Waals surface area (Å²) in [6.07, 6.45) is 4.94. The molecule has 0 bridgehead atoms. The van der Waals surface area contributed by atoms with Crippen molar-refractivity contribution in [3.63, 3.8) is 0 Å². The molecule has 2 N–H and O–H groups in total. The molecule has 2 saturated carbocycles. The number of hydrogen-bond donors (Lipinski definition) is 2. The van der Waals surface area contributed by atoms with Gasteiger partial charge in [-0.15, -0.1) is 0 Å². The Labute approximate surface area is 85.0 Å². The molecule has 4 nitrogen and oxygen atoms in total. The highest BCUT2D eigenvalue weighted by Gasteiger charge is 2.26. The first-order chi connectivity index (χ1) is 6.75. The number of rotatable bonds is 5. The zero-order valence-corrected chi connectivity index (χ0v) is 8.75. The molecular weight excluding hydrogens is 178 g/mol. The second kappa shape index (κ2) is 4.17. The molecule has 0 aliphatic heterocycles. The quantitative estimate of drug-likeness (QED) is 0.675. The van der Waals surface area contributed by atoms with Crippen LogP contribution in [0.5, 0.6) is 0 Å². The Hall–Kier alpha value is -0.770. The van der Waals surface area contributed by atoms with Gasteiger partial charge in [0.05, 0.1) is 0 Å². The Morgan fingerprint density at radius 2 is 2.07 bits per heavy atom. The largest absolute Gasteiger partial charge is 0.337 e. The molecule has 0 heterocycles. The minimum atomic E-state index is -0.00306. The van der Waals surface area contributed by atoms with Crippen LogP contribution in [0.4, 0.5) is 4.79 Å². The predicted octanol–water partition coefficient (Wildman–Crippen LogP) is 0.542. The Bertz CT molecular complexity index is 211. The maximum atomic E-state index is 11.2. The molecule has 0 unspecified atom stereocenters. The van der Waals surface area contributed by atoms with Crippen LogP contribution in [0.3, 0.4) is 0 Å². The number of urea groups is 1. The molecular formula is C10H19N3O. The van der Waals surface area contributed by atoms with Crippen LogP contribution in [0, 0.1) is 0 Å². The lowest BCUT2D eigenvalue weighted by Crippen LogP contribution is -2.40. The summed E-state index contributed by atoms with van der Waals surface area (Å²) in [5, 5.41) is 5.78. The van der Waals surface area contributed by atoms with Gasteiger partial charge in [-0.2, -0.15) is 0 Å². The van der Waals surface area contributed by atoms with Crippen LogP contribution in [0.25, 0.3) is 0 Å². The second-order valence-electron chi connectivity index (χ2n) is 4.39. The molecule has 0 spiro atoms. The van der Waals surface area contributed by atoms with E-state index in [0.29, 0.717) is 6.04 Å². The van der Waals surface area contributed by atoms with Crippen LogP contribution in [0.1, 0.15) is 25.7 Å². The third-order valence-corrected chi connectivity index (χ3v) is 2.83. The van der Waals surface area contributed by atoms with Crippen molar-refractivity contribution in [2.24, 2.45) is 0 Å². The van der Waals surface area contributed by atoms with Gasteiger partial charge in [-0.25, -0.2) is 4.79 Å². The van der Waals surface area contributed by atoms with E-state index in [1.54, 1.807) is 0 Å². The minimum Gasteiger partial charge on any atom is -0.337 e. The lowest BCUT2D eigenvalue weighted by atomic mass is 10.5. The van der Waals surface area contributed by atoms with E-state index in [-0.39, 0.29) is 6.03 Å². The van der Waals surface area contributed by atoms with E-state index in [0.717, 1.165) is 32.0 Å². The van der Waals surface area contributed by atoms with Crippen molar-refractivity contribution in [2.45, 2.75) is 37.8 Å². The molecule has 2 aliphatic rings. The van der Waals surface area contributed by atoms with Gasteiger partial charge in [-0.3, -0.25) is 0 Å². The molecule has 0 aromatic heterocycles. The Balaban J connectivity index is 1.50. The SMILES string of the molecule is CN(CCNC(=O)NC1CC1)C1CC1. The van der Waals surface area contributed by atoms with Crippen molar-refractivity contribution in [1.82, 2.24) is 15.5 Å². The second-order valence-corrected chi connectivity index (χ2v) is 4.39. The van der Waals surface area contributed by atoms with Gasteiger partial charge >= 0.3 is 6.03 Å². The fourth-order valence-electron chi connectivity index (χ4n) is 1.51. The molecule has 2 rings (SSSR count). The molecule has 0 saturated heterocycles. The summed E-state index contributed by atoms with van der Waals surface area (Å²) in [5.41, 5.74) is 0. The number of nitrogens with one attached hydrogen (secondary N) is 2. The average Bonchev–Trinajstić information content (AvgIpc) is 2.99. The molecule has 2 amide bonds. The third-order valence-electron chi connectivity index (χ3n) is 2.83. The van der Waals surface area contributed by atoms with E-state index in [1.165, 1.54) is 12.8 Å². The summed E-state index contributed by atoms with van der Waals surface area (Å²) in [7, 11) is 2.12.